The lowest BCUT2D eigenvalue weighted by Gasteiger charge is -2.32. The zero-order valence-corrected chi connectivity index (χ0v) is 33.1. The van der Waals surface area contributed by atoms with Gasteiger partial charge in [-0.05, 0) is 86.8 Å². The van der Waals surface area contributed by atoms with Crippen molar-refractivity contribution in [1.82, 2.24) is 30.2 Å². The van der Waals surface area contributed by atoms with Gasteiger partial charge in [0, 0.05) is 24.0 Å². The quantitative estimate of drug-likeness (QED) is 0.228. The summed E-state index contributed by atoms with van der Waals surface area (Å²) >= 11 is 0. The van der Waals surface area contributed by atoms with Crippen LogP contribution in [-0.2, 0) is 24.4 Å². The molecule has 0 radical (unpaired) electrons. The Morgan fingerprint density at radius 2 is 1.70 bits per heavy atom. The van der Waals surface area contributed by atoms with Gasteiger partial charge in [0.05, 0.1) is 36.9 Å². The third-order valence-electron chi connectivity index (χ3n) is 11.4. The van der Waals surface area contributed by atoms with Gasteiger partial charge in [-0.2, -0.15) is 4.98 Å². The van der Waals surface area contributed by atoms with E-state index in [4.69, 9.17) is 24.2 Å². The fraction of sp³-hybridized carbons (Fsp3) is 0.500. The number of nitrogens with zero attached hydrogens (tertiary/aromatic N) is 3. The van der Waals surface area contributed by atoms with Crippen LogP contribution in [0.5, 0.6) is 17.4 Å². The molecule has 4 amide bonds. The van der Waals surface area contributed by atoms with Gasteiger partial charge in [0.1, 0.15) is 35.2 Å². The van der Waals surface area contributed by atoms with Gasteiger partial charge in [-0.3, -0.25) is 19.1 Å². The third-order valence-corrected chi connectivity index (χ3v) is 13.2. The van der Waals surface area contributed by atoms with Crippen LogP contribution in [0.1, 0.15) is 58.8 Å². The molecule has 0 bridgehead atoms. The van der Waals surface area contributed by atoms with Crippen molar-refractivity contribution in [1.29, 1.82) is 0 Å². The zero-order chi connectivity index (χ0) is 40.6. The Balaban J connectivity index is 1.25. The SMILES string of the molecule is COc1ccc(-c2nc(O[C@@H]3C[C@H]4C(=O)N[C@]5(C(=O)NS(=O)(=O)C6CC6)C[C@@H]5C=CCC[C@@H](C)C[C@@H](C)[C@H](NC(=O)O)C(=O)N4C3)c3ccc(OC)cc3n2)cc1. The second kappa shape index (κ2) is 15.8. The number of hydrogen-bond acceptors (Lipinski definition) is 11. The highest BCUT2D eigenvalue weighted by Gasteiger charge is 2.62. The number of amides is 4. The smallest absolute Gasteiger partial charge is 0.405 e. The van der Waals surface area contributed by atoms with E-state index >= 15 is 0 Å². The van der Waals surface area contributed by atoms with E-state index in [-0.39, 0.29) is 31.2 Å². The molecule has 0 unspecified atom stereocenters. The molecular weight excluding hydrogens is 757 g/mol. The molecule has 2 aliphatic carbocycles. The lowest BCUT2D eigenvalue weighted by atomic mass is 9.88. The molecule has 3 aromatic rings. The molecule has 2 saturated carbocycles. The minimum Gasteiger partial charge on any atom is -0.497 e. The van der Waals surface area contributed by atoms with Crippen molar-refractivity contribution in [3.63, 3.8) is 0 Å². The lowest BCUT2D eigenvalue weighted by Crippen LogP contribution is -2.59. The lowest BCUT2D eigenvalue weighted by molar-refractivity contribution is -0.142. The Morgan fingerprint density at radius 3 is 2.39 bits per heavy atom. The van der Waals surface area contributed by atoms with E-state index in [9.17, 15) is 32.7 Å². The minimum absolute atomic E-state index is 0.0414. The van der Waals surface area contributed by atoms with Crippen LogP contribution in [-0.4, -0.2) is 102 Å². The summed E-state index contributed by atoms with van der Waals surface area (Å²) in [4.78, 5) is 65.7. The van der Waals surface area contributed by atoms with Gasteiger partial charge < -0.3 is 34.9 Å². The number of nitrogens with one attached hydrogen (secondary N) is 3. The van der Waals surface area contributed by atoms with E-state index < -0.39 is 74.7 Å². The summed E-state index contributed by atoms with van der Waals surface area (Å²) in [6, 6.07) is 9.99. The predicted molar refractivity (Wildman–Crippen MR) is 208 cm³/mol. The number of fused-ring (bicyclic) bond motifs is 3. The third kappa shape index (κ3) is 8.48. The number of carbonyl (C=O) groups excluding carboxylic acids is 3. The van der Waals surface area contributed by atoms with Gasteiger partial charge in [0.2, 0.25) is 27.7 Å². The Morgan fingerprint density at radius 1 is 0.982 bits per heavy atom. The molecule has 4 N–H and O–H groups in total. The molecule has 0 spiro atoms. The molecule has 57 heavy (non-hydrogen) atoms. The summed E-state index contributed by atoms with van der Waals surface area (Å²) in [5.74, 6) is -1.22. The second-order valence-electron chi connectivity index (χ2n) is 15.6. The second-order valence-corrected chi connectivity index (χ2v) is 17.6. The van der Waals surface area contributed by atoms with E-state index in [2.05, 4.69) is 15.4 Å². The number of rotatable bonds is 9. The normalized spacial score (nSPS) is 27.9. The van der Waals surface area contributed by atoms with E-state index in [0.29, 0.717) is 59.5 Å². The van der Waals surface area contributed by atoms with Crippen molar-refractivity contribution in [3.05, 3.63) is 54.6 Å². The molecule has 1 saturated heterocycles. The highest BCUT2D eigenvalue weighted by atomic mass is 32.2. The van der Waals surface area contributed by atoms with E-state index in [1.54, 1.807) is 63.6 Å². The van der Waals surface area contributed by atoms with E-state index in [1.807, 2.05) is 19.1 Å². The van der Waals surface area contributed by atoms with Crippen LogP contribution in [0.15, 0.2) is 54.6 Å². The topological polar surface area (TPSA) is 215 Å². The van der Waals surface area contributed by atoms with Crippen LogP contribution < -0.4 is 29.6 Å². The largest absolute Gasteiger partial charge is 0.497 e. The molecule has 2 aliphatic heterocycles. The maximum absolute atomic E-state index is 14.6. The molecule has 2 aromatic carbocycles. The zero-order valence-electron chi connectivity index (χ0n) is 32.3. The molecule has 3 heterocycles. The number of hydrogen-bond donors (Lipinski definition) is 4. The van der Waals surface area contributed by atoms with Gasteiger partial charge in [-0.15, -0.1) is 0 Å². The predicted octanol–water partition coefficient (Wildman–Crippen LogP) is 3.79. The van der Waals surface area contributed by atoms with Gasteiger partial charge in [0.25, 0.3) is 5.91 Å². The first kappa shape index (κ1) is 39.8. The Labute approximate surface area is 330 Å². The van der Waals surface area contributed by atoms with Crippen molar-refractivity contribution >= 4 is 44.7 Å². The van der Waals surface area contributed by atoms with E-state index in [0.717, 1.165) is 6.42 Å². The number of ether oxygens (including phenoxy) is 3. The van der Waals surface area contributed by atoms with Crippen molar-refractivity contribution < 1.29 is 46.9 Å². The monoisotopic (exact) mass is 804 g/mol. The molecule has 304 valence electrons. The average Bonchev–Trinajstić information content (AvgIpc) is 4.11. The van der Waals surface area contributed by atoms with Gasteiger partial charge in [0.15, 0.2) is 5.82 Å². The number of carbonyl (C=O) groups is 4. The summed E-state index contributed by atoms with van der Waals surface area (Å²) < 4.78 is 45.3. The highest BCUT2D eigenvalue weighted by molar-refractivity contribution is 7.91. The molecule has 1 aromatic heterocycles. The summed E-state index contributed by atoms with van der Waals surface area (Å²) in [7, 11) is -0.825. The average molecular weight is 805 g/mol. The number of aromatic nitrogens is 2. The van der Waals surface area contributed by atoms with Gasteiger partial charge in [-0.1, -0.05) is 26.0 Å². The van der Waals surface area contributed by atoms with Gasteiger partial charge in [-0.25, -0.2) is 18.2 Å². The summed E-state index contributed by atoms with van der Waals surface area (Å²) in [5, 5.41) is 15.0. The molecule has 3 fully saturated rings. The summed E-state index contributed by atoms with van der Waals surface area (Å²) in [6.07, 6.45) is 4.47. The van der Waals surface area contributed by atoms with Crippen LogP contribution in [0.2, 0.25) is 0 Å². The number of carboxylic acid groups (broad SMARTS) is 1. The van der Waals surface area contributed by atoms with Gasteiger partial charge >= 0.3 is 6.09 Å². The van der Waals surface area contributed by atoms with Crippen molar-refractivity contribution in [2.75, 3.05) is 20.8 Å². The number of sulfonamides is 1. The first-order chi connectivity index (χ1) is 27.2. The minimum atomic E-state index is -3.93. The Kier molecular flexibility index (Phi) is 11.0. The Bertz CT molecular complexity index is 2200. The van der Waals surface area contributed by atoms with Crippen molar-refractivity contribution in [2.24, 2.45) is 17.8 Å². The standard InChI is InChI=1S/C40H48N6O10S/c1-22-7-5-6-8-25-20-40(25,38(49)45-57(52,53)29-14-15-29)44-35(47)32-19-28(21-46(32)37(48)33(23(2)17-22)42-39(50)51)56-36-30-16-13-27(55-4)18-31(30)41-34(43-36)24-9-11-26(54-3)12-10-24/h6,8-13,16,18,22-23,25,28-29,32-33,42H,5,7,14-15,17,19-21H2,1-4H3,(H,44,47)(H,45,49)(H,50,51)/t22-,23-,25+,28-,32+,33+,40-/m1/s1. The van der Waals surface area contributed by atoms with Crippen molar-refractivity contribution in [2.45, 2.75) is 87.8 Å². The fourth-order valence-corrected chi connectivity index (χ4v) is 9.32. The number of allylic oxidation sites excluding steroid dienone is 1. The molecule has 7 atom stereocenters. The van der Waals surface area contributed by atoms with Crippen LogP contribution in [0, 0.1) is 17.8 Å². The van der Waals surface area contributed by atoms with E-state index in [1.165, 1.54) is 4.90 Å². The summed E-state index contributed by atoms with van der Waals surface area (Å²) in [6.45, 7) is 3.71. The molecule has 7 rings (SSSR count). The number of methoxy groups -OCH3 is 2. The summed E-state index contributed by atoms with van der Waals surface area (Å²) in [5.41, 5.74) is -0.372. The molecule has 17 heteroatoms. The Hall–Kier alpha value is -5.45. The van der Waals surface area contributed by atoms with Crippen LogP contribution in [0.3, 0.4) is 0 Å². The molecule has 4 aliphatic rings. The van der Waals surface area contributed by atoms with Crippen molar-refractivity contribution in [3.8, 4) is 28.8 Å². The molecular formula is C40H48N6O10S. The highest BCUT2D eigenvalue weighted by Crippen LogP contribution is 2.46. The molecule has 16 nitrogen and oxygen atoms in total. The number of benzene rings is 2. The van der Waals surface area contributed by atoms with Crippen LogP contribution in [0.25, 0.3) is 22.3 Å². The maximum Gasteiger partial charge on any atom is 0.405 e. The first-order valence-corrected chi connectivity index (χ1v) is 20.8. The maximum atomic E-state index is 14.6. The fourth-order valence-electron chi connectivity index (χ4n) is 7.95. The van der Waals surface area contributed by atoms with Crippen LogP contribution >= 0.6 is 0 Å². The first-order valence-electron chi connectivity index (χ1n) is 19.2. The van der Waals surface area contributed by atoms with Crippen LogP contribution in [0.4, 0.5) is 4.79 Å².